The highest BCUT2D eigenvalue weighted by atomic mass is 16.5. The van der Waals surface area contributed by atoms with Crippen LogP contribution in [0.4, 0.5) is 5.69 Å². The molecule has 0 unspecified atom stereocenters. The van der Waals surface area contributed by atoms with Gasteiger partial charge in [-0.05, 0) is 42.8 Å². The Kier molecular flexibility index (Phi) is 5.38. The summed E-state index contributed by atoms with van der Waals surface area (Å²) in [4.78, 5) is 14.6. The molecule has 0 bridgehead atoms. The highest BCUT2D eigenvalue weighted by molar-refractivity contribution is 6.06. The van der Waals surface area contributed by atoms with Crippen LogP contribution in [-0.2, 0) is 0 Å². The molecule has 0 aliphatic rings. The van der Waals surface area contributed by atoms with Crippen LogP contribution in [0.1, 0.15) is 30.1 Å². The maximum absolute atomic E-state index is 12.7. The SMILES string of the molecule is CCCCN(C(=O)c1ccc(OC)cc1)c1ccccc1. The molecule has 21 heavy (non-hydrogen) atoms. The predicted octanol–water partition coefficient (Wildman–Crippen LogP) is 4.14. The minimum atomic E-state index is 0.0253. The van der Waals surface area contributed by atoms with Crippen molar-refractivity contribution in [2.24, 2.45) is 0 Å². The summed E-state index contributed by atoms with van der Waals surface area (Å²) in [6.45, 7) is 2.85. The fourth-order valence-electron chi connectivity index (χ4n) is 2.16. The second-order valence-corrected chi connectivity index (χ2v) is 4.87. The predicted molar refractivity (Wildman–Crippen MR) is 86.0 cm³/mol. The first-order valence-corrected chi connectivity index (χ1v) is 7.27. The lowest BCUT2D eigenvalue weighted by Crippen LogP contribution is -2.31. The van der Waals surface area contributed by atoms with Gasteiger partial charge in [0.15, 0.2) is 0 Å². The Morgan fingerprint density at radius 2 is 1.71 bits per heavy atom. The number of anilines is 1. The van der Waals surface area contributed by atoms with E-state index >= 15 is 0 Å². The first-order chi connectivity index (χ1) is 10.3. The summed E-state index contributed by atoms with van der Waals surface area (Å²) in [6.07, 6.45) is 2.04. The zero-order valence-electron chi connectivity index (χ0n) is 12.6. The Hall–Kier alpha value is -2.29. The summed E-state index contributed by atoms with van der Waals surface area (Å²) in [7, 11) is 1.62. The minimum absolute atomic E-state index is 0.0253. The van der Waals surface area contributed by atoms with E-state index in [4.69, 9.17) is 4.74 Å². The van der Waals surface area contributed by atoms with E-state index in [1.54, 1.807) is 7.11 Å². The summed E-state index contributed by atoms with van der Waals surface area (Å²) in [6, 6.07) is 17.1. The van der Waals surface area contributed by atoms with E-state index in [1.165, 1.54) is 0 Å². The molecule has 2 aromatic carbocycles. The molecular formula is C18H21NO2. The molecule has 3 nitrogen and oxygen atoms in total. The summed E-state index contributed by atoms with van der Waals surface area (Å²) < 4.78 is 5.13. The van der Waals surface area contributed by atoms with Gasteiger partial charge in [0.25, 0.3) is 5.91 Å². The molecule has 3 heteroatoms. The number of ether oxygens (including phenoxy) is 1. The molecule has 0 radical (unpaired) electrons. The normalized spacial score (nSPS) is 10.2. The van der Waals surface area contributed by atoms with Crippen LogP contribution < -0.4 is 9.64 Å². The lowest BCUT2D eigenvalue weighted by molar-refractivity contribution is 0.0986. The van der Waals surface area contributed by atoms with E-state index in [1.807, 2.05) is 59.5 Å². The molecule has 0 fully saturated rings. The molecule has 0 aromatic heterocycles. The summed E-state index contributed by atoms with van der Waals surface area (Å²) in [5.74, 6) is 0.781. The first-order valence-electron chi connectivity index (χ1n) is 7.27. The monoisotopic (exact) mass is 283 g/mol. The van der Waals surface area contributed by atoms with Crippen molar-refractivity contribution < 1.29 is 9.53 Å². The van der Waals surface area contributed by atoms with Crippen molar-refractivity contribution >= 4 is 11.6 Å². The number of unbranched alkanes of at least 4 members (excludes halogenated alkanes) is 1. The maximum atomic E-state index is 12.7. The summed E-state index contributed by atoms with van der Waals surface area (Å²) >= 11 is 0. The number of hydrogen-bond donors (Lipinski definition) is 0. The number of hydrogen-bond acceptors (Lipinski definition) is 2. The lowest BCUT2D eigenvalue weighted by Gasteiger charge is -2.23. The fourth-order valence-corrected chi connectivity index (χ4v) is 2.16. The van der Waals surface area contributed by atoms with Crippen LogP contribution in [0.5, 0.6) is 5.75 Å². The Balaban J connectivity index is 2.24. The highest BCUT2D eigenvalue weighted by Gasteiger charge is 2.16. The van der Waals surface area contributed by atoms with Gasteiger partial charge in [0.05, 0.1) is 7.11 Å². The van der Waals surface area contributed by atoms with Crippen LogP contribution in [0.3, 0.4) is 0 Å². The minimum Gasteiger partial charge on any atom is -0.497 e. The van der Waals surface area contributed by atoms with Crippen molar-refractivity contribution in [1.82, 2.24) is 0 Å². The van der Waals surface area contributed by atoms with Crippen molar-refractivity contribution in [3.63, 3.8) is 0 Å². The van der Waals surface area contributed by atoms with Gasteiger partial charge in [-0.3, -0.25) is 4.79 Å². The lowest BCUT2D eigenvalue weighted by atomic mass is 10.1. The molecule has 0 aliphatic carbocycles. The standard InChI is InChI=1S/C18H21NO2/c1-3-4-14-19(16-8-6-5-7-9-16)18(20)15-10-12-17(21-2)13-11-15/h5-13H,3-4,14H2,1-2H3. The fraction of sp³-hybridized carbons (Fsp3) is 0.278. The average molecular weight is 283 g/mol. The first kappa shape index (κ1) is 15.1. The number of amides is 1. The third-order valence-electron chi connectivity index (χ3n) is 3.39. The van der Waals surface area contributed by atoms with Gasteiger partial charge in [0, 0.05) is 17.8 Å². The summed E-state index contributed by atoms with van der Waals surface area (Å²) in [5, 5.41) is 0. The van der Waals surface area contributed by atoms with E-state index in [0.29, 0.717) is 5.56 Å². The Morgan fingerprint density at radius 3 is 2.29 bits per heavy atom. The van der Waals surface area contributed by atoms with Crippen molar-refractivity contribution in [2.45, 2.75) is 19.8 Å². The topological polar surface area (TPSA) is 29.5 Å². The molecule has 0 aliphatic heterocycles. The van der Waals surface area contributed by atoms with Gasteiger partial charge < -0.3 is 9.64 Å². The Morgan fingerprint density at radius 1 is 1.05 bits per heavy atom. The number of carbonyl (C=O) groups excluding carboxylic acids is 1. The number of para-hydroxylation sites is 1. The molecule has 0 saturated heterocycles. The van der Waals surface area contributed by atoms with E-state index in [2.05, 4.69) is 6.92 Å². The number of methoxy groups -OCH3 is 1. The van der Waals surface area contributed by atoms with E-state index in [9.17, 15) is 4.79 Å². The second kappa shape index (κ2) is 7.48. The maximum Gasteiger partial charge on any atom is 0.258 e. The quantitative estimate of drug-likeness (QED) is 0.797. The zero-order valence-corrected chi connectivity index (χ0v) is 12.6. The van der Waals surface area contributed by atoms with Crippen LogP contribution in [0.2, 0.25) is 0 Å². The zero-order chi connectivity index (χ0) is 15.1. The van der Waals surface area contributed by atoms with Crippen molar-refractivity contribution in [3.05, 3.63) is 60.2 Å². The van der Waals surface area contributed by atoms with Gasteiger partial charge in [-0.25, -0.2) is 0 Å². The molecule has 2 rings (SSSR count). The van der Waals surface area contributed by atoms with Crippen LogP contribution in [-0.4, -0.2) is 19.6 Å². The van der Waals surface area contributed by atoms with Crippen LogP contribution in [0.25, 0.3) is 0 Å². The van der Waals surface area contributed by atoms with Gasteiger partial charge >= 0.3 is 0 Å². The van der Waals surface area contributed by atoms with Crippen molar-refractivity contribution in [2.75, 3.05) is 18.6 Å². The van der Waals surface area contributed by atoms with Crippen molar-refractivity contribution in [3.8, 4) is 5.75 Å². The van der Waals surface area contributed by atoms with Gasteiger partial charge in [-0.1, -0.05) is 31.5 Å². The van der Waals surface area contributed by atoms with Crippen LogP contribution in [0.15, 0.2) is 54.6 Å². The molecule has 0 saturated carbocycles. The number of carbonyl (C=O) groups is 1. The molecule has 0 heterocycles. The highest BCUT2D eigenvalue weighted by Crippen LogP contribution is 2.19. The Labute approximate surface area is 126 Å². The van der Waals surface area contributed by atoms with E-state index in [0.717, 1.165) is 30.8 Å². The third-order valence-corrected chi connectivity index (χ3v) is 3.39. The molecule has 0 spiro atoms. The number of benzene rings is 2. The number of nitrogens with zero attached hydrogens (tertiary/aromatic N) is 1. The number of rotatable bonds is 6. The van der Waals surface area contributed by atoms with Gasteiger partial charge in [-0.15, -0.1) is 0 Å². The van der Waals surface area contributed by atoms with E-state index < -0.39 is 0 Å². The molecular weight excluding hydrogens is 262 g/mol. The largest absolute Gasteiger partial charge is 0.497 e. The molecule has 2 aromatic rings. The van der Waals surface area contributed by atoms with E-state index in [-0.39, 0.29) is 5.91 Å². The van der Waals surface area contributed by atoms with Gasteiger partial charge in [0.2, 0.25) is 0 Å². The molecule has 0 atom stereocenters. The van der Waals surface area contributed by atoms with Crippen LogP contribution in [0, 0.1) is 0 Å². The molecule has 0 N–H and O–H groups in total. The second-order valence-electron chi connectivity index (χ2n) is 4.87. The van der Waals surface area contributed by atoms with Crippen LogP contribution >= 0.6 is 0 Å². The van der Waals surface area contributed by atoms with Crippen molar-refractivity contribution in [1.29, 1.82) is 0 Å². The van der Waals surface area contributed by atoms with Gasteiger partial charge in [0.1, 0.15) is 5.75 Å². The Bertz CT molecular complexity index is 564. The smallest absolute Gasteiger partial charge is 0.258 e. The summed E-state index contributed by atoms with van der Waals surface area (Å²) in [5.41, 5.74) is 1.61. The van der Waals surface area contributed by atoms with Gasteiger partial charge in [-0.2, -0.15) is 0 Å². The molecule has 1 amide bonds. The third kappa shape index (κ3) is 3.85. The molecule has 110 valence electrons. The average Bonchev–Trinajstić information content (AvgIpc) is 2.56.